The van der Waals surface area contributed by atoms with E-state index in [4.69, 9.17) is 21.3 Å². The summed E-state index contributed by atoms with van der Waals surface area (Å²) in [6, 6.07) is 14.4. The van der Waals surface area contributed by atoms with Gasteiger partial charge in [0.25, 0.3) is 5.91 Å². The number of carbonyl (C=O) groups excluding carboxylic acids is 1. The molecule has 188 valence electrons. The van der Waals surface area contributed by atoms with Gasteiger partial charge in [-0.25, -0.2) is 4.98 Å². The highest BCUT2D eigenvalue weighted by atomic mass is 35.5. The predicted octanol–water partition coefficient (Wildman–Crippen LogP) is 5.67. The van der Waals surface area contributed by atoms with Crippen LogP contribution in [0, 0.1) is 13.8 Å². The fourth-order valence-corrected chi connectivity index (χ4v) is 6.00. The zero-order chi connectivity index (χ0) is 25.2. The molecule has 1 saturated heterocycles. The lowest BCUT2D eigenvalue weighted by Gasteiger charge is -2.37. The topological polar surface area (TPSA) is 57.7 Å². The lowest BCUT2D eigenvalue weighted by Crippen LogP contribution is -2.47. The maximum Gasteiger partial charge on any atom is 0.261 e. The molecule has 5 rings (SSSR count). The number of nitrogens with one attached hydrogen (secondary N) is 1. The molecule has 0 bridgehead atoms. The first kappa shape index (κ1) is 24.8. The summed E-state index contributed by atoms with van der Waals surface area (Å²) in [7, 11) is 1.59. The molecule has 1 amide bonds. The van der Waals surface area contributed by atoms with Gasteiger partial charge in [0.15, 0.2) is 0 Å². The van der Waals surface area contributed by atoms with Gasteiger partial charge >= 0.3 is 0 Å². The highest BCUT2D eigenvalue weighted by Gasteiger charge is 2.19. The Morgan fingerprint density at radius 3 is 2.67 bits per heavy atom. The van der Waals surface area contributed by atoms with E-state index in [9.17, 15) is 4.79 Å². The number of hydrogen-bond acceptors (Lipinski definition) is 6. The van der Waals surface area contributed by atoms with Gasteiger partial charge in [0.2, 0.25) is 0 Å². The van der Waals surface area contributed by atoms with Crippen LogP contribution in [0.4, 0.5) is 5.69 Å². The molecule has 0 saturated carbocycles. The van der Waals surface area contributed by atoms with Crippen LogP contribution in [-0.4, -0.2) is 62.2 Å². The lowest BCUT2D eigenvalue weighted by atomic mass is 10.1. The standard InChI is InChI=1S/C28H31ClN4O2S/c1-18-5-6-19(2)22(15-18)33-13-11-32(12-14-33)10-4-9-30-27(34)24-17-21-16-20-7-8-23(35-3)25(29)26(20)31-28(21)36-24/h5-8,15-17H,4,9-14H2,1-3H3,(H,30,34). The van der Waals surface area contributed by atoms with Crippen molar-refractivity contribution in [2.75, 3.05) is 51.3 Å². The van der Waals surface area contributed by atoms with Crippen LogP contribution in [0.2, 0.25) is 5.02 Å². The van der Waals surface area contributed by atoms with Crippen molar-refractivity contribution in [2.45, 2.75) is 20.3 Å². The van der Waals surface area contributed by atoms with E-state index < -0.39 is 0 Å². The number of aromatic nitrogens is 1. The average molecular weight is 523 g/mol. The molecule has 2 aromatic carbocycles. The van der Waals surface area contributed by atoms with Crippen molar-refractivity contribution < 1.29 is 9.53 Å². The molecule has 8 heteroatoms. The zero-order valence-electron chi connectivity index (χ0n) is 20.9. The first-order chi connectivity index (χ1) is 17.4. The van der Waals surface area contributed by atoms with Crippen molar-refractivity contribution in [3.05, 3.63) is 63.5 Å². The van der Waals surface area contributed by atoms with E-state index >= 15 is 0 Å². The van der Waals surface area contributed by atoms with Gasteiger partial charge in [-0.05, 0) is 68.3 Å². The Hall–Kier alpha value is -2.87. The van der Waals surface area contributed by atoms with Crippen LogP contribution in [0.3, 0.4) is 0 Å². The van der Waals surface area contributed by atoms with Crippen LogP contribution < -0.4 is 15.0 Å². The van der Waals surface area contributed by atoms with Crippen molar-refractivity contribution in [2.24, 2.45) is 0 Å². The van der Waals surface area contributed by atoms with Gasteiger partial charge in [0, 0.05) is 49.2 Å². The van der Waals surface area contributed by atoms with Crippen molar-refractivity contribution in [1.29, 1.82) is 0 Å². The number of methoxy groups -OCH3 is 1. The summed E-state index contributed by atoms with van der Waals surface area (Å²) < 4.78 is 5.30. The summed E-state index contributed by atoms with van der Waals surface area (Å²) in [5.74, 6) is 0.544. The number of nitrogens with zero attached hydrogens (tertiary/aromatic N) is 3. The minimum atomic E-state index is -0.0505. The second-order valence-electron chi connectivity index (χ2n) is 9.38. The van der Waals surface area contributed by atoms with Gasteiger partial charge in [0.05, 0.1) is 17.5 Å². The molecule has 4 aromatic rings. The van der Waals surface area contributed by atoms with E-state index in [2.05, 4.69) is 47.2 Å². The molecule has 2 aromatic heterocycles. The first-order valence-corrected chi connectivity index (χ1v) is 13.5. The third kappa shape index (κ3) is 5.14. The van der Waals surface area contributed by atoms with Crippen LogP contribution in [0.5, 0.6) is 5.75 Å². The lowest BCUT2D eigenvalue weighted by molar-refractivity contribution is 0.0955. The highest BCUT2D eigenvalue weighted by molar-refractivity contribution is 7.20. The van der Waals surface area contributed by atoms with Gasteiger partial charge in [-0.3, -0.25) is 9.69 Å². The number of fused-ring (bicyclic) bond motifs is 2. The van der Waals surface area contributed by atoms with Crippen molar-refractivity contribution >= 4 is 55.7 Å². The van der Waals surface area contributed by atoms with Crippen LogP contribution in [0.15, 0.2) is 42.5 Å². The highest BCUT2D eigenvalue weighted by Crippen LogP contribution is 2.35. The number of benzene rings is 2. The number of amides is 1. The molecular weight excluding hydrogens is 492 g/mol. The molecule has 6 nitrogen and oxygen atoms in total. The Bertz CT molecular complexity index is 1410. The number of carbonyl (C=O) groups is 1. The van der Waals surface area contributed by atoms with Crippen molar-refractivity contribution in [3.8, 4) is 5.75 Å². The Kier molecular flexibility index (Phi) is 7.32. The normalized spacial score (nSPS) is 14.5. The molecule has 1 aliphatic rings. The predicted molar refractivity (Wildman–Crippen MR) is 150 cm³/mol. The van der Waals surface area contributed by atoms with E-state index in [0.717, 1.165) is 54.7 Å². The Morgan fingerprint density at radius 2 is 1.89 bits per heavy atom. The largest absolute Gasteiger partial charge is 0.495 e. The van der Waals surface area contributed by atoms with E-state index in [-0.39, 0.29) is 5.91 Å². The quantitative estimate of drug-likeness (QED) is 0.317. The maximum absolute atomic E-state index is 12.8. The zero-order valence-corrected chi connectivity index (χ0v) is 22.5. The molecule has 1 N–H and O–H groups in total. The van der Waals surface area contributed by atoms with E-state index in [0.29, 0.717) is 27.7 Å². The maximum atomic E-state index is 12.8. The second kappa shape index (κ2) is 10.6. The third-order valence-electron chi connectivity index (χ3n) is 6.83. The fraction of sp³-hybridized carbons (Fsp3) is 0.357. The van der Waals surface area contributed by atoms with Crippen molar-refractivity contribution in [3.63, 3.8) is 0 Å². The molecule has 0 radical (unpaired) electrons. The van der Waals surface area contributed by atoms with Gasteiger partial charge in [0.1, 0.15) is 15.6 Å². The monoisotopic (exact) mass is 522 g/mol. The smallest absolute Gasteiger partial charge is 0.261 e. The molecule has 0 unspecified atom stereocenters. The number of ether oxygens (including phenoxy) is 1. The summed E-state index contributed by atoms with van der Waals surface area (Å²) in [6.07, 6.45) is 0.928. The summed E-state index contributed by atoms with van der Waals surface area (Å²) in [6.45, 7) is 10.1. The van der Waals surface area contributed by atoms with Gasteiger partial charge in [-0.2, -0.15) is 0 Å². The first-order valence-electron chi connectivity index (χ1n) is 12.3. The number of anilines is 1. The Balaban J connectivity index is 1.13. The summed E-state index contributed by atoms with van der Waals surface area (Å²) in [5, 5.41) is 5.44. The second-order valence-corrected chi connectivity index (χ2v) is 10.8. The van der Waals surface area contributed by atoms with Gasteiger partial charge in [-0.15, -0.1) is 11.3 Å². The molecule has 1 aliphatic heterocycles. The number of halogens is 1. The molecule has 0 spiro atoms. The van der Waals surface area contributed by atoms with Crippen LogP contribution in [0.1, 0.15) is 27.2 Å². The number of aryl methyl sites for hydroxylation is 2. The summed E-state index contributed by atoms with van der Waals surface area (Å²) >= 11 is 7.83. The number of piperazine rings is 1. The van der Waals surface area contributed by atoms with Crippen molar-refractivity contribution in [1.82, 2.24) is 15.2 Å². The number of thiophene rings is 1. The molecular formula is C28H31ClN4O2S. The van der Waals surface area contributed by atoms with Gasteiger partial charge < -0.3 is 15.0 Å². The van der Waals surface area contributed by atoms with Crippen LogP contribution in [0.25, 0.3) is 21.1 Å². The molecule has 0 atom stereocenters. The molecule has 1 fully saturated rings. The number of pyridine rings is 1. The Labute approximate surface area is 220 Å². The number of hydrogen-bond donors (Lipinski definition) is 1. The van der Waals surface area contributed by atoms with E-state index in [1.54, 1.807) is 7.11 Å². The van der Waals surface area contributed by atoms with Gasteiger partial charge in [-0.1, -0.05) is 23.7 Å². The van der Waals surface area contributed by atoms with Crippen LogP contribution >= 0.6 is 22.9 Å². The van der Waals surface area contributed by atoms with E-state index in [1.165, 1.54) is 28.2 Å². The fourth-order valence-electron chi connectivity index (χ4n) is 4.78. The minimum absolute atomic E-state index is 0.0505. The Morgan fingerprint density at radius 1 is 1.08 bits per heavy atom. The minimum Gasteiger partial charge on any atom is -0.495 e. The molecule has 36 heavy (non-hydrogen) atoms. The average Bonchev–Trinajstić information content (AvgIpc) is 3.31. The van der Waals surface area contributed by atoms with Crippen LogP contribution in [-0.2, 0) is 0 Å². The summed E-state index contributed by atoms with van der Waals surface area (Å²) in [4.78, 5) is 23.9. The third-order valence-corrected chi connectivity index (χ3v) is 8.24. The van der Waals surface area contributed by atoms with E-state index in [1.807, 2.05) is 24.3 Å². The molecule has 3 heterocycles. The number of rotatable bonds is 7. The SMILES string of the molecule is COc1ccc2cc3cc(C(=O)NCCCN4CCN(c5cc(C)ccc5C)CC4)sc3nc2c1Cl. The molecule has 0 aliphatic carbocycles. The summed E-state index contributed by atoms with van der Waals surface area (Å²) in [5.41, 5.74) is 4.69.